The summed E-state index contributed by atoms with van der Waals surface area (Å²) < 4.78 is 0. The third-order valence-corrected chi connectivity index (χ3v) is 2.90. The Hall–Kier alpha value is -0.340. The van der Waals surface area contributed by atoms with Crippen molar-refractivity contribution in [1.82, 2.24) is 0 Å². The standard InChI is InChI=1S/C12H24O2/c1-4-6-7-8-9-11(14)12(3,5-2)10-13/h5,11,13-14H,2,4,6-10H2,1,3H3. The summed E-state index contributed by atoms with van der Waals surface area (Å²) in [7, 11) is 0. The highest BCUT2D eigenvalue weighted by atomic mass is 16.3. The molecule has 0 aliphatic heterocycles. The molecule has 0 amide bonds. The molecule has 0 aliphatic carbocycles. The minimum absolute atomic E-state index is 0.0363. The van der Waals surface area contributed by atoms with E-state index < -0.39 is 11.5 Å². The topological polar surface area (TPSA) is 40.5 Å². The number of aliphatic hydroxyl groups is 2. The molecule has 2 heteroatoms. The second kappa shape index (κ2) is 7.02. The zero-order valence-corrected chi connectivity index (χ0v) is 9.50. The molecule has 0 aliphatic rings. The number of unbranched alkanes of at least 4 members (excludes halogenated alkanes) is 3. The highest BCUT2D eigenvalue weighted by molar-refractivity contribution is 4.96. The van der Waals surface area contributed by atoms with E-state index in [-0.39, 0.29) is 6.61 Å². The van der Waals surface area contributed by atoms with Crippen molar-refractivity contribution in [3.63, 3.8) is 0 Å². The van der Waals surface area contributed by atoms with Crippen LogP contribution in [0.5, 0.6) is 0 Å². The fourth-order valence-corrected chi connectivity index (χ4v) is 1.40. The second-order valence-corrected chi connectivity index (χ2v) is 4.23. The predicted octanol–water partition coefficient (Wildman–Crippen LogP) is 2.50. The maximum Gasteiger partial charge on any atom is 0.0650 e. The van der Waals surface area contributed by atoms with E-state index in [9.17, 15) is 5.11 Å². The van der Waals surface area contributed by atoms with Crippen LogP contribution in [0.15, 0.2) is 12.7 Å². The first kappa shape index (κ1) is 13.7. The van der Waals surface area contributed by atoms with Gasteiger partial charge in [-0.1, -0.05) is 45.6 Å². The van der Waals surface area contributed by atoms with Gasteiger partial charge in [-0.05, 0) is 6.42 Å². The Labute approximate surface area is 87.7 Å². The van der Waals surface area contributed by atoms with Crippen molar-refractivity contribution in [2.75, 3.05) is 6.61 Å². The highest BCUT2D eigenvalue weighted by Crippen LogP contribution is 2.25. The van der Waals surface area contributed by atoms with Crippen LogP contribution < -0.4 is 0 Å². The molecular formula is C12H24O2. The number of hydrogen-bond acceptors (Lipinski definition) is 2. The fraction of sp³-hybridized carbons (Fsp3) is 0.833. The predicted molar refractivity (Wildman–Crippen MR) is 60.2 cm³/mol. The van der Waals surface area contributed by atoms with Gasteiger partial charge in [0, 0.05) is 5.41 Å². The lowest BCUT2D eigenvalue weighted by Crippen LogP contribution is -2.33. The van der Waals surface area contributed by atoms with Gasteiger partial charge in [-0.2, -0.15) is 0 Å². The first-order valence-corrected chi connectivity index (χ1v) is 5.53. The van der Waals surface area contributed by atoms with E-state index in [0.717, 1.165) is 19.3 Å². The first-order chi connectivity index (χ1) is 6.60. The summed E-state index contributed by atoms with van der Waals surface area (Å²) in [6.45, 7) is 7.62. The van der Waals surface area contributed by atoms with E-state index in [1.54, 1.807) is 6.08 Å². The molecular weight excluding hydrogens is 176 g/mol. The molecule has 0 saturated heterocycles. The average molecular weight is 200 g/mol. The largest absolute Gasteiger partial charge is 0.395 e. The number of aliphatic hydroxyl groups excluding tert-OH is 2. The maximum absolute atomic E-state index is 9.84. The van der Waals surface area contributed by atoms with Gasteiger partial charge in [0.25, 0.3) is 0 Å². The van der Waals surface area contributed by atoms with E-state index in [2.05, 4.69) is 13.5 Å². The molecule has 0 rings (SSSR count). The molecule has 2 unspecified atom stereocenters. The molecule has 2 atom stereocenters. The number of rotatable bonds is 8. The molecule has 0 aromatic rings. The Morgan fingerprint density at radius 3 is 2.43 bits per heavy atom. The van der Waals surface area contributed by atoms with Crippen molar-refractivity contribution >= 4 is 0 Å². The van der Waals surface area contributed by atoms with Gasteiger partial charge in [-0.3, -0.25) is 0 Å². The van der Waals surface area contributed by atoms with Crippen LogP contribution in [0.2, 0.25) is 0 Å². The molecule has 0 bridgehead atoms. The Bertz CT molecular complexity index is 156. The fourth-order valence-electron chi connectivity index (χ4n) is 1.40. The zero-order chi connectivity index (χ0) is 11.0. The van der Waals surface area contributed by atoms with Crippen LogP contribution in [0, 0.1) is 5.41 Å². The van der Waals surface area contributed by atoms with Crippen molar-refractivity contribution in [2.24, 2.45) is 5.41 Å². The first-order valence-electron chi connectivity index (χ1n) is 5.53. The smallest absolute Gasteiger partial charge is 0.0650 e. The van der Waals surface area contributed by atoms with E-state index in [1.165, 1.54) is 12.8 Å². The third kappa shape index (κ3) is 4.25. The van der Waals surface area contributed by atoms with Crippen molar-refractivity contribution in [3.8, 4) is 0 Å². The van der Waals surface area contributed by atoms with Gasteiger partial charge in [0.05, 0.1) is 12.7 Å². The van der Waals surface area contributed by atoms with Gasteiger partial charge in [0.1, 0.15) is 0 Å². The molecule has 84 valence electrons. The summed E-state index contributed by atoms with van der Waals surface area (Å²) in [4.78, 5) is 0. The highest BCUT2D eigenvalue weighted by Gasteiger charge is 2.28. The molecule has 0 fully saturated rings. The minimum Gasteiger partial charge on any atom is -0.395 e. The monoisotopic (exact) mass is 200 g/mol. The second-order valence-electron chi connectivity index (χ2n) is 4.23. The molecule has 2 N–H and O–H groups in total. The summed E-state index contributed by atoms with van der Waals surface area (Å²) in [5.41, 5.74) is -0.536. The lowest BCUT2D eigenvalue weighted by molar-refractivity contribution is 0.0210. The molecule has 14 heavy (non-hydrogen) atoms. The molecule has 0 heterocycles. The van der Waals surface area contributed by atoms with Crippen molar-refractivity contribution in [1.29, 1.82) is 0 Å². The van der Waals surface area contributed by atoms with Crippen LogP contribution in [0.4, 0.5) is 0 Å². The van der Waals surface area contributed by atoms with Crippen molar-refractivity contribution in [3.05, 3.63) is 12.7 Å². The van der Waals surface area contributed by atoms with Gasteiger partial charge in [-0.25, -0.2) is 0 Å². The van der Waals surface area contributed by atoms with E-state index in [1.807, 2.05) is 6.92 Å². The molecule has 0 saturated carbocycles. The van der Waals surface area contributed by atoms with Crippen molar-refractivity contribution < 1.29 is 10.2 Å². The van der Waals surface area contributed by atoms with Gasteiger partial charge in [0.15, 0.2) is 0 Å². The average Bonchev–Trinajstić information content (AvgIpc) is 2.22. The zero-order valence-electron chi connectivity index (χ0n) is 9.50. The van der Waals surface area contributed by atoms with Crippen LogP contribution in [-0.2, 0) is 0 Å². The van der Waals surface area contributed by atoms with Gasteiger partial charge >= 0.3 is 0 Å². The van der Waals surface area contributed by atoms with E-state index in [0.29, 0.717) is 0 Å². The summed E-state index contributed by atoms with van der Waals surface area (Å²) in [5.74, 6) is 0. The van der Waals surface area contributed by atoms with Crippen molar-refractivity contribution in [2.45, 2.75) is 52.1 Å². The molecule has 0 aromatic heterocycles. The molecule has 0 aromatic carbocycles. The minimum atomic E-state index is -0.536. The van der Waals surface area contributed by atoms with Crippen LogP contribution in [0.25, 0.3) is 0 Å². The van der Waals surface area contributed by atoms with Gasteiger partial charge in [-0.15, -0.1) is 6.58 Å². The lowest BCUT2D eigenvalue weighted by atomic mass is 9.82. The molecule has 0 radical (unpaired) electrons. The van der Waals surface area contributed by atoms with E-state index in [4.69, 9.17) is 5.11 Å². The van der Waals surface area contributed by atoms with Gasteiger partial charge < -0.3 is 10.2 Å². The Balaban J connectivity index is 3.81. The molecule has 2 nitrogen and oxygen atoms in total. The van der Waals surface area contributed by atoms with Crippen LogP contribution >= 0.6 is 0 Å². The summed E-state index contributed by atoms with van der Waals surface area (Å²) in [6.07, 6.45) is 6.54. The third-order valence-electron chi connectivity index (χ3n) is 2.90. The van der Waals surface area contributed by atoms with Gasteiger partial charge in [0.2, 0.25) is 0 Å². The number of hydrogen-bond donors (Lipinski definition) is 2. The molecule has 0 spiro atoms. The van der Waals surface area contributed by atoms with Crippen LogP contribution in [0.3, 0.4) is 0 Å². The maximum atomic E-state index is 9.84. The summed E-state index contributed by atoms with van der Waals surface area (Å²) in [6, 6.07) is 0. The Kier molecular flexibility index (Phi) is 6.85. The summed E-state index contributed by atoms with van der Waals surface area (Å²) >= 11 is 0. The quantitative estimate of drug-likeness (QED) is 0.467. The van der Waals surface area contributed by atoms with E-state index >= 15 is 0 Å². The van der Waals surface area contributed by atoms with Crippen LogP contribution in [-0.4, -0.2) is 22.9 Å². The summed E-state index contributed by atoms with van der Waals surface area (Å²) in [5, 5.41) is 19.0. The SMILES string of the molecule is C=CC(C)(CO)C(O)CCCCCC. The Morgan fingerprint density at radius 1 is 1.36 bits per heavy atom. The normalized spacial score (nSPS) is 17.4. The van der Waals surface area contributed by atoms with Crippen LogP contribution in [0.1, 0.15) is 46.0 Å². The lowest BCUT2D eigenvalue weighted by Gasteiger charge is -2.29. The Morgan fingerprint density at radius 2 is 2.00 bits per heavy atom.